The van der Waals surface area contributed by atoms with Gasteiger partial charge in [-0.25, -0.2) is 0 Å². The van der Waals surface area contributed by atoms with Crippen molar-refractivity contribution in [1.29, 1.82) is 0 Å². The zero-order valence-corrected chi connectivity index (χ0v) is 15.6. The van der Waals surface area contributed by atoms with Crippen molar-refractivity contribution in [3.8, 4) is 0 Å². The van der Waals surface area contributed by atoms with Crippen molar-refractivity contribution in [1.82, 2.24) is 10.2 Å². The molecule has 0 radical (unpaired) electrons. The number of nitrogens with one attached hydrogen (secondary N) is 1. The predicted molar refractivity (Wildman–Crippen MR) is 92.6 cm³/mol. The fraction of sp³-hybridized carbons (Fsp3) is 0.944. The lowest BCUT2D eigenvalue weighted by Gasteiger charge is -2.65. The second-order valence-corrected chi connectivity index (χ2v) is 8.73. The topological polar surface area (TPSA) is 76.8 Å². The highest BCUT2D eigenvalue weighted by Gasteiger charge is 2.70. The second-order valence-electron chi connectivity index (χ2n) is 8.73. The number of rotatable bonds is 4. The second kappa shape index (κ2) is 6.24. The third kappa shape index (κ3) is 2.68. The summed E-state index contributed by atoms with van der Waals surface area (Å²) in [5.41, 5.74) is 5.39. The van der Waals surface area contributed by atoms with Gasteiger partial charge < -0.3 is 20.5 Å². The lowest BCUT2D eigenvalue weighted by Crippen LogP contribution is -2.82. The summed E-state index contributed by atoms with van der Waals surface area (Å²) in [4.78, 5) is 15.4. The van der Waals surface area contributed by atoms with Crippen LogP contribution in [0.1, 0.15) is 40.5 Å². The Morgan fingerprint density at radius 1 is 1.29 bits per heavy atom. The third-order valence-corrected chi connectivity index (χ3v) is 6.61. The minimum absolute atomic E-state index is 0.0272. The number of ether oxygens (including phenoxy) is 2. The molecule has 0 aromatic rings. The number of carbonyl (C=O) groups excluding carboxylic acids is 1. The SMILES string of the molecule is CC(C)(CNC(=O)C1(N)C2CCCOC2C1(C)C)N1CCOCC1. The van der Waals surface area contributed by atoms with Gasteiger partial charge in [0.15, 0.2) is 0 Å². The number of carbonyl (C=O) groups is 1. The first-order valence-electron chi connectivity index (χ1n) is 9.23. The molecule has 3 fully saturated rings. The Bertz CT molecular complexity index is 488. The van der Waals surface area contributed by atoms with Gasteiger partial charge in [0.2, 0.25) is 5.91 Å². The van der Waals surface area contributed by atoms with Gasteiger partial charge in [-0.05, 0) is 26.7 Å². The van der Waals surface area contributed by atoms with Gasteiger partial charge in [0, 0.05) is 43.1 Å². The van der Waals surface area contributed by atoms with E-state index in [0.717, 1.165) is 45.8 Å². The predicted octanol–water partition coefficient (Wildman–Crippen LogP) is 0.746. The van der Waals surface area contributed by atoms with E-state index in [1.807, 2.05) is 0 Å². The highest BCUT2D eigenvalue weighted by molar-refractivity contribution is 5.89. The lowest BCUT2D eigenvalue weighted by atomic mass is 9.46. The van der Waals surface area contributed by atoms with Crippen molar-refractivity contribution in [2.75, 3.05) is 39.5 Å². The molecule has 3 N–H and O–H groups in total. The van der Waals surface area contributed by atoms with Gasteiger partial charge in [0.25, 0.3) is 0 Å². The van der Waals surface area contributed by atoms with E-state index in [1.54, 1.807) is 0 Å². The molecule has 0 aromatic heterocycles. The van der Waals surface area contributed by atoms with Gasteiger partial charge in [-0.15, -0.1) is 0 Å². The number of morpholine rings is 1. The van der Waals surface area contributed by atoms with Crippen molar-refractivity contribution in [3.63, 3.8) is 0 Å². The number of nitrogens with zero attached hydrogens (tertiary/aromatic N) is 1. The van der Waals surface area contributed by atoms with Gasteiger partial charge in [-0.1, -0.05) is 13.8 Å². The van der Waals surface area contributed by atoms with E-state index in [4.69, 9.17) is 15.2 Å². The van der Waals surface area contributed by atoms with E-state index < -0.39 is 5.54 Å². The number of hydrogen-bond donors (Lipinski definition) is 2. The van der Waals surface area contributed by atoms with Crippen LogP contribution in [0, 0.1) is 11.3 Å². The average molecular weight is 339 g/mol. The van der Waals surface area contributed by atoms with Gasteiger partial charge >= 0.3 is 0 Å². The van der Waals surface area contributed by atoms with Crippen molar-refractivity contribution in [3.05, 3.63) is 0 Å². The van der Waals surface area contributed by atoms with Crippen molar-refractivity contribution >= 4 is 5.91 Å². The molecule has 24 heavy (non-hydrogen) atoms. The Kier molecular flexibility index (Phi) is 4.71. The molecule has 3 atom stereocenters. The molecule has 6 nitrogen and oxygen atoms in total. The first-order valence-corrected chi connectivity index (χ1v) is 9.23. The summed E-state index contributed by atoms with van der Waals surface area (Å²) in [7, 11) is 0. The van der Waals surface area contributed by atoms with E-state index >= 15 is 0 Å². The zero-order chi connectivity index (χ0) is 17.6. The standard InChI is InChI=1S/C18H33N3O3/c1-16(2,21-7-10-23-11-8-21)12-20-15(22)18(19)13-6-5-9-24-14(13)17(18,3)4/h13-14H,5-12,19H2,1-4H3,(H,20,22). The first kappa shape index (κ1) is 18.1. The molecule has 138 valence electrons. The summed E-state index contributed by atoms with van der Waals surface area (Å²) in [5, 5.41) is 3.15. The number of hydrogen-bond acceptors (Lipinski definition) is 5. The molecule has 3 unspecified atom stereocenters. The van der Waals surface area contributed by atoms with E-state index in [9.17, 15) is 4.79 Å². The van der Waals surface area contributed by atoms with Crippen LogP contribution in [-0.2, 0) is 14.3 Å². The lowest BCUT2D eigenvalue weighted by molar-refractivity contribution is -0.225. The van der Waals surface area contributed by atoms with Crippen LogP contribution in [0.4, 0.5) is 0 Å². The van der Waals surface area contributed by atoms with Crippen LogP contribution in [0.3, 0.4) is 0 Å². The Morgan fingerprint density at radius 2 is 1.96 bits per heavy atom. The first-order chi connectivity index (χ1) is 11.2. The quantitative estimate of drug-likeness (QED) is 0.790. The van der Waals surface area contributed by atoms with Crippen LogP contribution < -0.4 is 11.1 Å². The average Bonchev–Trinajstić information content (AvgIpc) is 2.59. The van der Waals surface area contributed by atoms with Gasteiger partial charge in [-0.2, -0.15) is 0 Å². The molecule has 1 amide bonds. The molecular weight excluding hydrogens is 306 g/mol. The maximum atomic E-state index is 13.0. The molecule has 0 bridgehead atoms. The summed E-state index contributed by atoms with van der Waals surface area (Å²) in [5.74, 6) is 0.105. The highest BCUT2D eigenvalue weighted by atomic mass is 16.5. The number of nitrogens with two attached hydrogens (primary N) is 1. The van der Waals surface area contributed by atoms with Crippen molar-refractivity contribution < 1.29 is 14.3 Å². The number of amides is 1. The van der Waals surface area contributed by atoms with Crippen molar-refractivity contribution in [2.24, 2.45) is 17.1 Å². The monoisotopic (exact) mass is 339 g/mol. The molecule has 0 aromatic carbocycles. The molecule has 2 aliphatic heterocycles. The smallest absolute Gasteiger partial charge is 0.241 e. The van der Waals surface area contributed by atoms with Crippen LogP contribution in [0.15, 0.2) is 0 Å². The van der Waals surface area contributed by atoms with Crippen LogP contribution >= 0.6 is 0 Å². The summed E-state index contributed by atoms with van der Waals surface area (Å²) in [6.07, 6.45) is 2.07. The highest BCUT2D eigenvalue weighted by Crippen LogP contribution is 2.57. The van der Waals surface area contributed by atoms with E-state index in [0.29, 0.717) is 6.54 Å². The van der Waals surface area contributed by atoms with Crippen LogP contribution in [-0.4, -0.2) is 67.4 Å². The molecule has 2 heterocycles. The Hall–Kier alpha value is -0.690. The van der Waals surface area contributed by atoms with Crippen LogP contribution in [0.5, 0.6) is 0 Å². The summed E-state index contributed by atoms with van der Waals surface area (Å²) < 4.78 is 11.3. The zero-order valence-electron chi connectivity index (χ0n) is 15.6. The van der Waals surface area contributed by atoms with Crippen LogP contribution in [0.2, 0.25) is 0 Å². The normalized spacial score (nSPS) is 36.5. The molecule has 1 saturated carbocycles. The maximum absolute atomic E-state index is 13.0. The Balaban J connectivity index is 1.63. The summed E-state index contributed by atoms with van der Waals surface area (Å²) >= 11 is 0. The molecule has 3 aliphatic rings. The molecule has 1 aliphatic carbocycles. The summed E-state index contributed by atoms with van der Waals surface area (Å²) in [6, 6.07) is 0. The Labute approximate surface area is 145 Å². The molecular formula is C18H33N3O3. The van der Waals surface area contributed by atoms with Gasteiger partial charge in [-0.3, -0.25) is 9.69 Å². The minimum atomic E-state index is -0.834. The summed E-state index contributed by atoms with van der Waals surface area (Å²) in [6.45, 7) is 13.2. The molecule has 0 spiro atoms. The fourth-order valence-corrected chi connectivity index (χ4v) is 4.76. The van der Waals surface area contributed by atoms with E-state index in [2.05, 4.69) is 37.9 Å². The van der Waals surface area contributed by atoms with E-state index in [-0.39, 0.29) is 28.9 Å². The van der Waals surface area contributed by atoms with Crippen LogP contribution in [0.25, 0.3) is 0 Å². The fourth-order valence-electron chi connectivity index (χ4n) is 4.76. The van der Waals surface area contributed by atoms with E-state index in [1.165, 1.54) is 0 Å². The van der Waals surface area contributed by atoms with Gasteiger partial charge in [0.05, 0.1) is 19.3 Å². The maximum Gasteiger partial charge on any atom is 0.241 e. The Morgan fingerprint density at radius 3 is 2.62 bits per heavy atom. The van der Waals surface area contributed by atoms with Gasteiger partial charge in [0.1, 0.15) is 5.54 Å². The molecule has 6 heteroatoms. The van der Waals surface area contributed by atoms with Crippen molar-refractivity contribution in [2.45, 2.75) is 57.7 Å². The third-order valence-electron chi connectivity index (χ3n) is 6.61. The molecule has 2 saturated heterocycles. The molecule has 3 rings (SSSR count). The largest absolute Gasteiger partial charge is 0.379 e. The number of fused-ring (bicyclic) bond motifs is 1. The minimum Gasteiger partial charge on any atom is -0.379 e.